The number of fused-ring (bicyclic) bond motifs is 1. The molecule has 0 unspecified atom stereocenters. The summed E-state index contributed by atoms with van der Waals surface area (Å²) in [6.07, 6.45) is 3.67. The Balaban J connectivity index is 2.42. The van der Waals surface area contributed by atoms with Crippen LogP contribution in [-0.2, 0) is 6.42 Å². The van der Waals surface area contributed by atoms with Crippen molar-refractivity contribution in [2.45, 2.75) is 13.3 Å². The quantitative estimate of drug-likeness (QED) is 0.761. The van der Waals surface area contributed by atoms with E-state index < -0.39 is 0 Å². The number of nitrogens with zero attached hydrogens (tertiary/aromatic N) is 4. The second-order valence-electron chi connectivity index (χ2n) is 4.27. The summed E-state index contributed by atoms with van der Waals surface area (Å²) in [6, 6.07) is 7.47. The van der Waals surface area contributed by atoms with Gasteiger partial charge in [-0.25, -0.2) is 9.50 Å². The highest BCUT2D eigenvalue weighted by molar-refractivity contribution is 5.64. The van der Waals surface area contributed by atoms with Gasteiger partial charge in [0.1, 0.15) is 11.6 Å². The summed E-state index contributed by atoms with van der Waals surface area (Å²) < 4.78 is 1.30. The highest BCUT2D eigenvalue weighted by Gasteiger charge is 2.16. The van der Waals surface area contributed by atoms with Gasteiger partial charge in [0, 0.05) is 18.0 Å². The third kappa shape index (κ3) is 1.68. The van der Waals surface area contributed by atoms with E-state index in [0.717, 1.165) is 0 Å². The Bertz CT molecular complexity index is 870. The van der Waals surface area contributed by atoms with Crippen molar-refractivity contribution in [1.82, 2.24) is 19.6 Å². The van der Waals surface area contributed by atoms with Crippen LogP contribution >= 0.6 is 0 Å². The van der Waals surface area contributed by atoms with Gasteiger partial charge in [-0.05, 0) is 18.6 Å². The SMILES string of the molecule is CCc1c(-c2ccccn2)nc2c(C#N)c[nH]n2c1=O. The molecule has 0 amide bonds. The van der Waals surface area contributed by atoms with Crippen molar-refractivity contribution in [3.8, 4) is 17.5 Å². The lowest BCUT2D eigenvalue weighted by atomic mass is 10.1. The third-order valence-corrected chi connectivity index (χ3v) is 3.14. The van der Waals surface area contributed by atoms with E-state index in [4.69, 9.17) is 5.26 Å². The maximum absolute atomic E-state index is 12.4. The van der Waals surface area contributed by atoms with E-state index in [1.807, 2.05) is 19.1 Å². The fraction of sp³-hybridized carbons (Fsp3) is 0.143. The molecule has 0 bridgehead atoms. The van der Waals surface area contributed by atoms with Gasteiger partial charge >= 0.3 is 0 Å². The fourth-order valence-electron chi connectivity index (χ4n) is 2.17. The molecule has 0 aliphatic carbocycles. The summed E-state index contributed by atoms with van der Waals surface area (Å²) in [4.78, 5) is 21.1. The molecule has 3 rings (SSSR count). The summed E-state index contributed by atoms with van der Waals surface area (Å²) in [5.41, 5.74) is 2.22. The van der Waals surface area contributed by atoms with E-state index in [1.54, 1.807) is 18.3 Å². The predicted molar refractivity (Wildman–Crippen MR) is 73.1 cm³/mol. The first kappa shape index (κ1) is 12.1. The average molecular weight is 265 g/mol. The zero-order valence-electron chi connectivity index (χ0n) is 10.8. The average Bonchev–Trinajstić information content (AvgIpc) is 2.91. The molecular weight excluding hydrogens is 254 g/mol. The van der Waals surface area contributed by atoms with Crippen molar-refractivity contribution >= 4 is 5.65 Å². The van der Waals surface area contributed by atoms with Gasteiger partial charge in [0.15, 0.2) is 5.65 Å². The Kier molecular flexibility index (Phi) is 2.80. The highest BCUT2D eigenvalue weighted by atomic mass is 16.1. The Labute approximate surface area is 114 Å². The summed E-state index contributed by atoms with van der Waals surface area (Å²) in [6.45, 7) is 1.89. The van der Waals surface area contributed by atoms with Crippen molar-refractivity contribution in [3.05, 3.63) is 52.1 Å². The first-order valence-electron chi connectivity index (χ1n) is 6.20. The van der Waals surface area contributed by atoms with Gasteiger partial charge in [0.05, 0.1) is 11.4 Å². The number of nitriles is 1. The van der Waals surface area contributed by atoms with Gasteiger partial charge in [-0.3, -0.25) is 14.9 Å². The van der Waals surface area contributed by atoms with Gasteiger partial charge in [-0.1, -0.05) is 13.0 Å². The molecule has 0 aromatic carbocycles. The normalized spacial score (nSPS) is 10.6. The van der Waals surface area contributed by atoms with Crippen molar-refractivity contribution in [2.75, 3.05) is 0 Å². The van der Waals surface area contributed by atoms with E-state index in [-0.39, 0.29) is 5.56 Å². The van der Waals surface area contributed by atoms with Crippen molar-refractivity contribution in [3.63, 3.8) is 0 Å². The van der Waals surface area contributed by atoms with Gasteiger partial charge in [-0.2, -0.15) is 5.26 Å². The molecule has 0 saturated heterocycles. The number of rotatable bonds is 2. The largest absolute Gasteiger partial charge is 0.295 e. The maximum atomic E-state index is 12.4. The fourth-order valence-corrected chi connectivity index (χ4v) is 2.17. The summed E-state index contributed by atoms with van der Waals surface area (Å²) in [5, 5.41) is 11.8. The van der Waals surface area contributed by atoms with E-state index >= 15 is 0 Å². The predicted octanol–water partition coefficient (Wildman–Crippen LogP) is 1.52. The first-order chi connectivity index (χ1) is 9.76. The molecule has 3 aromatic heterocycles. The minimum absolute atomic E-state index is 0.195. The van der Waals surface area contributed by atoms with Crippen LogP contribution in [-0.4, -0.2) is 19.6 Å². The number of aromatic nitrogens is 4. The number of nitrogens with one attached hydrogen (secondary N) is 1. The van der Waals surface area contributed by atoms with Crippen molar-refractivity contribution in [2.24, 2.45) is 0 Å². The lowest BCUT2D eigenvalue weighted by Gasteiger charge is -2.06. The molecule has 20 heavy (non-hydrogen) atoms. The van der Waals surface area contributed by atoms with E-state index in [9.17, 15) is 4.79 Å². The van der Waals surface area contributed by atoms with E-state index in [1.165, 1.54) is 10.7 Å². The molecule has 0 radical (unpaired) electrons. The third-order valence-electron chi connectivity index (χ3n) is 3.14. The number of aromatic amines is 1. The zero-order chi connectivity index (χ0) is 14.1. The van der Waals surface area contributed by atoms with E-state index in [2.05, 4.69) is 15.1 Å². The highest BCUT2D eigenvalue weighted by Crippen LogP contribution is 2.19. The molecule has 6 nitrogen and oxygen atoms in total. The molecule has 0 aliphatic heterocycles. The van der Waals surface area contributed by atoms with Gasteiger partial charge in [-0.15, -0.1) is 0 Å². The molecule has 0 saturated carbocycles. The van der Waals surface area contributed by atoms with Crippen LogP contribution in [0.4, 0.5) is 0 Å². The van der Waals surface area contributed by atoms with Crippen LogP contribution < -0.4 is 5.56 Å². The van der Waals surface area contributed by atoms with Crippen LogP contribution in [0.5, 0.6) is 0 Å². The lowest BCUT2D eigenvalue weighted by molar-refractivity contribution is 0.869. The molecule has 0 spiro atoms. The number of hydrogen-bond acceptors (Lipinski definition) is 4. The minimum Gasteiger partial charge on any atom is -0.295 e. The lowest BCUT2D eigenvalue weighted by Crippen LogP contribution is -2.21. The van der Waals surface area contributed by atoms with Crippen LogP contribution in [0.3, 0.4) is 0 Å². The van der Waals surface area contributed by atoms with Crippen LogP contribution in [0.15, 0.2) is 35.4 Å². The smallest absolute Gasteiger partial charge is 0.276 e. The van der Waals surface area contributed by atoms with E-state index in [0.29, 0.717) is 34.6 Å². The maximum Gasteiger partial charge on any atom is 0.276 e. The molecule has 98 valence electrons. The standard InChI is InChI=1S/C14H11N5O/c1-2-10-12(11-5-3-4-6-16-11)18-13-9(7-15)8-17-19(13)14(10)20/h3-6,8,17H,2H2,1H3. The molecule has 0 fully saturated rings. The zero-order valence-corrected chi connectivity index (χ0v) is 10.8. The van der Waals surface area contributed by atoms with Crippen LogP contribution in [0.2, 0.25) is 0 Å². The van der Waals surface area contributed by atoms with Gasteiger partial charge in [0.25, 0.3) is 5.56 Å². The topological polar surface area (TPSA) is 86.8 Å². The number of pyridine rings is 1. The molecule has 1 N–H and O–H groups in total. The van der Waals surface area contributed by atoms with Crippen LogP contribution in [0.25, 0.3) is 17.0 Å². The Morgan fingerprint density at radius 1 is 1.45 bits per heavy atom. The van der Waals surface area contributed by atoms with Crippen LogP contribution in [0, 0.1) is 11.3 Å². The molecule has 3 aromatic rings. The van der Waals surface area contributed by atoms with Crippen molar-refractivity contribution in [1.29, 1.82) is 5.26 Å². The number of hydrogen-bond donors (Lipinski definition) is 1. The van der Waals surface area contributed by atoms with Gasteiger partial charge in [0.2, 0.25) is 0 Å². The summed E-state index contributed by atoms with van der Waals surface area (Å²) >= 11 is 0. The molecule has 0 aliphatic rings. The Morgan fingerprint density at radius 3 is 2.95 bits per heavy atom. The summed E-state index contributed by atoms with van der Waals surface area (Å²) in [7, 11) is 0. The van der Waals surface area contributed by atoms with Crippen molar-refractivity contribution < 1.29 is 0 Å². The first-order valence-corrected chi connectivity index (χ1v) is 6.20. The monoisotopic (exact) mass is 265 g/mol. The minimum atomic E-state index is -0.195. The molecular formula is C14H11N5O. The second kappa shape index (κ2) is 4.63. The molecule has 3 heterocycles. The van der Waals surface area contributed by atoms with Gasteiger partial charge < -0.3 is 0 Å². The Morgan fingerprint density at radius 2 is 2.30 bits per heavy atom. The Hall–Kier alpha value is -2.94. The molecule has 6 heteroatoms. The summed E-state index contributed by atoms with van der Waals surface area (Å²) in [5.74, 6) is 0. The second-order valence-corrected chi connectivity index (χ2v) is 4.27. The molecule has 0 atom stereocenters. The van der Waals surface area contributed by atoms with Crippen LogP contribution in [0.1, 0.15) is 18.1 Å². The number of H-pyrrole nitrogens is 1.